The van der Waals surface area contributed by atoms with Gasteiger partial charge in [0.15, 0.2) is 0 Å². The van der Waals surface area contributed by atoms with Gasteiger partial charge in [-0.2, -0.15) is 0 Å². The smallest absolute Gasteiger partial charge is 0.237 e. The molecular formula is C14H22N4O3S. The maximum absolute atomic E-state index is 12.1. The van der Waals surface area contributed by atoms with Crippen molar-refractivity contribution in [1.82, 2.24) is 14.6 Å². The van der Waals surface area contributed by atoms with Crippen LogP contribution in [0.1, 0.15) is 12.8 Å². The third-order valence-electron chi connectivity index (χ3n) is 3.80. The summed E-state index contributed by atoms with van der Waals surface area (Å²) in [7, 11) is -1.63. The van der Waals surface area contributed by atoms with Gasteiger partial charge in [-0.25, -0.2) is 18.1 Å². The first-order valence-corrected chi connectivity index (χ1v) is 9.12. The summed E-state index contributed by atoms with van der Waals surface area (Å²) >= 11 is 0. The number of piperidine rings is 1. The minimum Gasteiger partial charge on any atom is -0.355 e. The van der Waals surface area contributed by atoms with Crippen molar-refractivity contribution in [3.63, 3.8) is 0 Å². The van der Waals surface area contributed by atoms with Gasteiger partial charge in [0.25, 0.3) is 0 Å². The highest BCUT2D eigenvalue weighted by Gasteiger charge is 2.26. The van der Waals surface area contributed by atoms with Crippen LogP contribution in [0.5, 0.6) is 0 Å². The Labute approximate surface area is 131 Å². The predicted molar refractivity (Wildman–Crippen MR) is 85.1 cm³/mol. The minimum atomic E-state index is -3.36. The van der Waals surface area contributed by atoms with Crippen LogP contribution >= 0.6 is 0 Å². The van der Waals surface area contributed by atoms with E-state index in [2.05, 4.69) is 14.6 Å². The molecule has 8 heteroatoms. The van der Waals surface area contributed by atoms with Gasteiger partial charge in [-0.15, -0.1) is 0 Å². The average Bonchev–Trinajstić information content (AvgIpc) is 2.52. The lowest BCUT2D eigenvalue weighted by Gasteiger charge is -2.38. The Morgan fingerprint density at radius 2 is 2.27 bits per heavy atom. The fourth-order valence-corrected chi connectivity index (χ4v) is 2.93. The summed E-state index contributed by atoms with van der Waals surface area (Å²) in [6, 6.07) is 5.83. The van der Waals surface area contributed by atoms with Gasteiger partial charge in [0, 0.05) is 32.4 Å². The zero-order valence-electron chi connectivity index (χ0n) is 12.9. The summed E-state index contributed by atoms with van der Waals surface area (Å²) in [4.78, 5) is 20.2. The van der Waals surface area contributed by atoms with Gasteiger partial charge in [0.05, 0.1) is 12.8 Å². The lowest BCUT2D eigenvalue weighted by atomic mass is 10.0. The lowest BCUT2D eigenvalue weighted by molar-refractivity contribution is -0.130. The highest BCUT2D eigenvalue weighted by atomic mass is 32.2. The second-order valence-electron chi connectivity index (χ2n) is 5.53. The summed E-state index contributed by atoms with van der Waals surface area (Å²) in [5.41, 5.74) is 0. The van der Waals surface area contributed by atoms with Crippen LogP contribution in [-0.2, 0) is 14.8 Å². The standard InChI is InChI=1S/C14H22N4O3S/c1-17(14(19)10-16-22(2,20)21)12-6-5-9-18(11-12)13-7-3-4-8-15-13/h3-4,7-8,12,16H,5-6,9-11H2,1-2H3/t12-/m0/s1. The van der Waals surface area contributed by atoms with Crippen molar-refractivity contribution < 1.29 is 13.2 Å². The van der Waals surface area contributed by atoms with Gasteiger partial charge >= 0.3 is 0 Å². The number of nitrogens with one attached hydrogen (secondary N) is 1. The molecule has 1 saturated heterocycles. The Hall–Kier alpha value is -1.67. The van der Waals surface area contributed by atoms with E-state index < -0.39 is 10.0 Å². The number of carbonyl (C=O) groups excluding carboxylic acids is 1. The van der Waals surface area contributed by atoms with Crippen LogP contribution in [0.15, 0.2) is 24.4 Å². The number of hydrogen-bond donors (Lipinski definition) is 1. The lowest BCUT2D eigenvalue weighted by Crippen LogP contribution is -2.51. The molecule has 0 spiro atoms. The van der Waals surface area contributed by atoms with Gasteiger partial charge in [0.2, 0.25) is 15.9 Å². The molecule has 0 unspecified atom stereocenters. The molecule has 1 amide bonds. The summed E-state index contributed by atoms with van der Waals surface area (Å²) in [6.45, 7) is 1.42. The molecule has 1 aromatic rings. The maximum Gasteiger partial charge on any atom is 0.237 e. The number of nitrogens with zero attached hydrogens (tertiary/aromatic N) is 3. The molecule has 2 heterocycles. The van der Waals surface area contributed by atoms with Crippen LogP contribution in [0.25, 0.3) is 0 Å². The first-order chi connectivity index (χ1) is 10.4. The molecule has 2 rings (SSSR count). The Morgan fingerprint density at radius 3 is 2.91 bits per heavy atom. The van der Waals surface area contributed by atoms with Crippen molar-refractivity contribution in [2.75, 3.05) is 37.8 Å². The number of rotatable bonds is 5. The largest absolute Gasteiger partial charge is 0.355 e. The third kappa shape index (κ3) is 4.67. The SMILES string of the molecule is CN(C(=O)CNS(C)(=O)=O)[C@H]1CCCN(c2ccccn2)C1. The molecule has 0 aromatic carbocycles. The fraction of sp³-hybridized carbons (Fsp3) is 0.571. The van der Waals surface area contributed by atoms with E-state index in [1.165, 1.54) is 0 Å². The summed E-state index contributed by atoms with van der Waals surface area (Å²) in [6.07, 6.45) is 4.68. The van der Waals surface area contributed by atoms with E-state index in [4.69, 9.17) is 0 Å². The monoisotopic (exact) mass is 326 g/mol. The highest BCUT2D eigenvalue weighted by molar-refractivity contribution is 7.88. The molecule has 122 valence electrons. The minimum absolute atomic E-state index is 0.0598. The van der Waals surface area contributed by atoms with Crippen LogP contribution in [0.4, 0.5) is 5.82 Å². The van der Waals surface area contributed by atoms with Crippen LogP contribution < -0.4 is 9.62 Å². The molecule has 1 atom stereocenters. The van der Waals surface area contributed by atoms with E-state index in [-0.39, 0.29) is 18.5 Å². The maximum atomic E-state index is 12.1. The molecule has 1 N–H and O–H groups in total. The Morgan fingerprint density at radius 1 is 1.50 bits per heavy atom. The number of likely N-dealkylation sites (N-methyl/N-ethyl adjacent to an activating group) is 1. The molecule has 0 saturated carbocycles. The second-order valence-corrected chi connectivity index (χ2v) is 7.36. The highest BCUT2D eigenvalue weighted by Crippen LogP contribution is 2.19. The molecule has 0 radical (unpaired) electrons. The van der Waals surface area contributed by atoms with Crippen molar-refractivity contribution in [2.24, 2.45) is 0 Å². The van der Waals surface area contributed by atoms with Crippen LogP contribution in [-0.4, -0.2) is 63.2 Å². The molecule has 7 nitrogen and oxygen atoms in total. The Kier molecular flexibility index (Phi) is 5.36. The first kappa shape index (κ1) is 16.7. The Balaban J connectivity index is 1.95. The Bertz CT molecular complexity index is 606. The molecule has 22 heavy (non-hydrogen) atoms. The van der Waals surface area contributed by atoms with E-state index in [0.29, 0.717) is 6.54 Å². The quantitative estimate of drug-likeness (QED) is 0.827. The first-order valence-electron chi connectivity index (χ1n) is 7.23. The van der Waals surface area contributed by atoms with Crippen LogP contribution in [0, 0.1) is 0 Å². The molecule has 1 aromatic heterocycles. The van der Waals surface area contributed by atoms with Crippen molar-refractivity contribution in [3.8, 4) is 0 Å². The number of aromatic nitrogens is 1. The zero-order valence-corrected chi connectivity index (χ0v) is 13.7. The fourth-order valence-electron chi connectivity index (χ4n) is 2.54. The predicted octanol–water partition coefficient (Wildman–Crippen LogP) is 0.0580. The second kappa shape index (κ2) is 7.06. The normalized spacial score (nSPS) is 19.0. The number of amides is 1. The van der Waals surface area contributed by atoms with E-state index in [1.54, 1.807) is 18.1 Å². The molecule has 0 aliphatic carbocycles. The molecule has 1 aliphatic heterocycles. The van der Waals surface area contributed by atoms with E-state index in [9.17, 15) is 13.2 Å². The topological polar surface area (TPSA) is 82.6 Å². The number of hydrogen-bond acceptors (Lipinski definition) is 5. The number of carbonyl (C=O) groups is 1. The van der Waals surface area contributed by atoms with Crippen LogP contribution in [0.2, 0.25) is 0 Å². The van der Waals surface area contributed by atoms with Gasteiger partial charge in [0.1, 0.15) is 5.82 Å². The van der Waals surface area contributed by atoms with Crippen molar-refractivity contribution in [1.29, 1.82) is 0 Å². The van der Waals surface area contributed by atoms with Crippen molar-refractivity contribution in [3.05, 3.63) is 24.4 Å². The van der Waals surface area contributed by atoms with Crippen molar-refractivity contribution in [2.45, 2.75) is 18.9 Å². The number of pyridine rings is 1. The summed E-state index contributed by atoms with van der Waals surface area (Å²) in [5.74, 6) is 0.681. The molecule has 0 bridgehead atoms. The summed E-state index contributed by atoms with van der Waals surface area (Å²) in [5, 5.41) is 0. The van der Waals surface area contributed by atoms with E-state index in [1.807, 2.05) is 18.2 Å². The molecular weight excluding hydrogens is 304 g/mol. The van der Waals surface area contributed by atoms with E-state index >= 15 is 0 Å². The van der Waals surface area contributed by atoms with Gasteiger partial charge in [-0.3, -0.25) is 4.79 Å². The van der Waals surface area contributed by atoms with Gasteiger partial charge in [-0.05, 0) is 25.0 Å². The van der Waals surface area contributed by atoms with Gasteiger partial charge < -0.3 is 9.80 Å². The zero-order chi connectivity index (χ0) is 16.2. The van der Waals surface area contributed by atoms with E-state index in [0.717, 1.165) is 31.5 Å². The van der Waals surface area contributed by atoms with Crippen molar-refractivity contribution >= 4 is 21.7 Å². The van der Waals surface area contributed by atoms with Gasteiger partial charge in [-0.1, -0.05) is 6.07 Å². The molecule has 1 aliphatic rings. The summed E-state index contributed by atoms with van der Waals surface area (Å²) < 4.78 is 24.4. The number of anilines is 1. The van der Waals surface area contributed by atoms with Crippen LogP contribution in [0.3, 0.4) is 0 Å². The number of sulfonamides is 1. The average molecular weight is 326 g/mol. The third-order valence-corrected chi connectivity index (χ3v) is 4.47. The molecule has 1 fully saturated rings.